The van der Waals surface area contributed by atoms with Crippen molar-refractivity contribution in [1.82, 2.24) is 5.32 Å². The number of carbonyl (C=O) groups is 2. The summed E-state index contributed by atoms with van der Waals surface area (Å²) in [5, 5.41) is 2.82. The number of quaternary nitrogens is 1. The Morgan fingerprint density at radius 1 is 1.04 bits per heavy atom. The lowest BCUT2D eigenvalue weighted by Gasteiger charge is -2.10. The normalized spacial score (nSPS) is 11.0. The lowest BCUT2D eigenvalue weighted by molar-refractivity contribution is -0.405. The third kappa shape index (κ3) is 8.11. The number of hydrogen-bond acceptors (Lipinski definition) is 4. The van der Waals surface area contributed by atoms with Crippen molar-refractivity contribution in [2.75, 3.05) is 7.11 Å². The van der Waals surface area contributed by atoms with E-state index in [9.17, 15) is 9.59 Å². The number of ether oxygens (including phenoxy) is 2. The van der Waals surface area contributed by atoms with Crippen LogP contribution in [-0.2, 0) is 27.5 Å². The van der Waals surface area contributed by atoms with Crippen molar-refractivity contribution in [3.05, 3.63) is 65.7 Å². The minimum Gasteiger partial charge on any atom is -1.00 e. The van der Waals surface area contributed by atoms with Crippen molar-refractivity contribution in [1.29, 1.82) is 0 Å². The predicted molar refractivity (Wildman–Crippen MR) is 97.0 cm³/mol. The monoisotopic (exact) mass is 392 g/mol. The summed E-state index contributed by atoms with van der Waals surface area (Å²) in [6, 6.07) is 16.4. The van der Waals surface area contributed by atoms with Gasteiger partial charge in [-0.05, 0) is 23.3 Å². The van der Waals surface area contributed by atoms with Gasteiger partial charge in [-0.2, -0.15) is 0 Å². The molecule has 7 heteroatoms. The fourth-order valence-corrected chi connectivity index (χ4v) is 2.31. The minimum atomic E-state index is -0.502. The van der Waals surface area contributed by atoms with Crippen LogP contribution < -0.4 is 28.2 Å². The minimum absolute atomic E-state index is 0. The third-order valence-electron chi connectivity index (χ3n) is 3.94. The second kappa shape index (κ2) is 11.9. The molecule has 0 saturated carbocycles. The van der Waals surface area contributed by atoms with Gasteiger partial charge < -0.3 is 32.9 Å². The maximum absolute atomic E-state index is 12.1. The van der Waals surface area contributed by atoms with E-state index in [4.69, 9.17) is 9.47 Å². The number of esters is 1. The van der Waals surface area contributed by atoms with Gasteiger partial charge in [0, 0.05) is 13.0 Å². The van der Waals surface area contributed by atoms with E-state index in [2.05, 4.69) is 11.1 Å². The van der Waals surface area contributed by atoms with E-state index >= 15 is 0 Å². The first kappa shape index (κ1) is 22.5. The van der Waals surface area contributed by atoms with Crippen LogP contribution in [0.4, 0.5) is 0 Å². The first-order valence-corrected chi connectivity index (χ1v) is 8.51. The highest BCUT2D eigenvalue weighted by Crippen LogP contribution is 2.11. The topological polar surface area (TPSA) is 92.3 Å². The lowest BCUT2D eigenvalue weighted by atomic mass is 10.1. The van der Waals surface area contributed by atoms with E-state index in [0.29, 0.717) is 13.0 Å². The number of rotatable bonds is 9. The molecular weight excluding hydrogens is 368 g/mol. The summed E-state index contributed by atoms with van der Waals surface area (Å²) < 4.78 is 10.3. The third-order valence-corrected chi connectivity index (χ3v) is 3.94. The molecule has 0 radical (unpaired) electrons. The fraction of sp³-hybridized carbons (Fsp3) is 0.300. The van der Waals surface area contributed by atoms with Crippen LogP contribution >= 0.6 is 0 Å². The first-order valence-electron chi connectivity index (χ1n) is 8.51. The molecule has 0 aliphatic heterocycles. The molecular formula is C20H25ClN2O4. The zero-order valence-corrected chi connectivity index (χ0v) is 16.1. The van der Waals surface area contributed by atoms with Crippen molar-refractivity contribution in [3.63, 3.8) is 0 Å². The molecule has 2 rings (SSSR count). The van der Waals surface area contributed by atoms with Crippen molar-refractivity contribution in [3.8, 4) is 5.75 Å². The number of hydrogen-bond donors (Lipinski definition) is 2. The van der Waals surface area contributed by atoms with Crippen LogP contribution in [-0.4, -0.2) is 25.0 Å². The number of amides is 1. The molecule has 0 unspecified atom stereocenters. The molecule has 27 heavy (non-hydrogen) atoms. The molecule has 0 spiro atoms. The molecule has 2 aromatic carbocycles. The van der Waals surface area contributed by atoms with Gasteiger partial charge in [-0.1, -0.05) is 42.5 Å². The van der Waals surface area contributed by atoms with E-state index in [1.807, 2.05) is 54.6 Å². The summed E-state index contributed by atoms with van der Waals surface area (Å²) in [5.74, 6) is 0.256. The van der Waals surface area contributed by atoms with Gasteiger partial charge in [-0.3, -0.25) is 9.59 Å². The summed E-state index contributed by atoms with van der Waals surface area (Å²) >= 11 is 0. The second-order valence-electron chi connectivity index (χ2n) is 5.95. The molecule has 0 saturated heterocycles. The summed E-state index contributed by atoms with van der Waals surface area (Å²) in [7, 11) is 1.61. The van der Waals surface area contributed by atoms with Crippen LogP contribution in [0.25, 0.3) is 0 Å². The Morgan fingerprint density at radius 3 is 2.33 bits per heavy atom. The number of methoxy groups -OCH3 is 1. The van der Waals surface area contributed by atoms with Gasteiger partial charge in [0.15, 0.2) is 6.04 Å². The predicted octanol–water partition coefficient (Wildman–Crippen LogP) is -1.55. The smallest absolute Gasteiger partial charge is 0.306 e. The highest BCUT2D eigenvalue weighted by atomic mass is 35.5. The molecule has 4 N–H and O–H groups in total. The largest absolute Gasteiger partial charge is 1.00 e. The zero-order valence-electron chi connectivity index (χ0n) is 15.3. The van der Waals surface area contributed by atoms with Crippen LogP contribution in [0.3, 0.4) is 0 Å². The molecule has 6 nitrogen and oxygen atoms in total. The zero-order chi connectivity index (χ0) is 18.8. The van der Waals surface area contributed by atoms with E-state index in [1.165, 1.54) is 0 Å². The molecule has 1 amide bonds. The van der Waals surface area contributed by atoms with Crippen molar-refractivity contribution >= 4 is 11.9 Å². The number of nitrogens with one attached hydrogen (secondary N) is 1. The molecule has 0 bridgehead atoms. The van der Waals surface area contributed by atoms with Crippen molar-refractivity contribution in [2.24, 2.45) is 0 Å². The highest BCUT2D eigenvalue weighted by molar-refractivity contribution is 5.80. The maximum atomic E-state index is 12.1. The van der Waals surface area contributed by atoms with Crippen molar-refractivity contribution in [2.45, 2.75) is 32.0 Å². The summed E-state index contributed by atoms with van der Waals surface area (Å²) in [6.45, 7) is 0.651. The molecule has 0 fully saturated rings. The summed E-state index contributed by atoms with van der Waals surface area (Å²) in [6.07, 6.45) is 0.513. The standard InChI is InChI=1S/C20H24N2O4.ClH/c1-25-17-9-7-15(8-10-17)13-22-20(24)18(21)11-12-19(23)26-14-16-5-3-2-4-6-16;/h2-10,18H,11-14,21H2,1H3,(H,22,24);1H/t18-;/m0./s1. The number of carbonyl (C=O) groups excluding carboxylic acids is 2. The van der Waals surface area contributed by atoms with Crippen LogP contribution in [0.2, 0.25) is 0 Å². The van der Waals surface area contributed by atoms with E-state index in [0.717, 1.165) is 16.9 Å². The Bertz CT molecular complexity index is 708. The number of halogens is 1. The van der Waals surface area contributed by atoms with Crippen LogP contribution in [0, 0.1) is 0 Å². The van der Waals surface area contributed by atoms with Gasteiger partial charge in [-0.25, -0.2) is 0 Å². The Kier molecular flexibility index (Phi) is 9.93. The average molecular weight is 393 g/mol. The Hall–Kier alpha value is -2.57. The molecule has 0 aliphatic carbocycles. The Balaban J connectivity index is 0.00000364. The lowest BCUT2D eigenvalue weighted by Crippen LogP contribution is -3.00. The molecule has 0 heterocycles. The molecule has 2 aromatic rings. The van der Waals surface area contributed by atoms with Crippen LogP contribution in [0.15, 0.2) is 54.6 Å². The van der Waals surface area contributed by atoms with E-state index < -0.39 is 6.04 Å². The Labute approximate surface area is 165 Å². The Morgan fingerprint density at radius 2 is 1.70 bits per heavy atom. The maximum Gasteiger partial charge on any atom is 0.306 e. The van der Waals surface area contributed by atoms with E-state index in [1.54, 1.807) is 7.11 Å². The fourth-order valence-electron chi connectivity index (χ4n) is 2.31. The van der Waals surface area contributed by atoms with Crippen LogP contribution in [0.5, 0.6) is 5.75 Å². The summed E-state index contributed by atoms with van der Waals surface area (Å²) in [4.78, 5) is 23.9. The SMILES string of the molecule is COc1ccc(CNC(=O)[C@@H]([NH3+])CCC(=O)OCc2ccccc2)cc1.[Cl-]. The first-order chi connectivity index (χ1) is 12.6. The van der Waals surface area contributed by atoms with E-state index in [-0.39, 0.29) is 37.3 Å². The van der Waals surface area contributed by atoms with Gasteiger partial charge in [0.2, 0.25) is 0 Å². The second-order valence-corrected chi connectivity index (χ2v) is 5.95. The quantitative estimate of drug-likeness (QED) is 0.505. The van der Waals surface area contributed by atoms with Gasteiger partial charge >= 0.3 is 5.97 Å². The molecule has 1 atom stereocenters. The summed E-state index contributed by atoms with van der Waals surface area (Å²) in [5.41, 5.74) is 5.73. The van der Waals surface area contributed by atoms with Crippen LogP contribution in [0.1, 0.15) is 24.0 Å². The van der Waals surface area contributed by atoms with Gasteiger partial charge in [0.25, 0.3) is 5.91 Å². The van der Waals surface area contributed by atoms with Gasteiger partial charge in [0.1, 0.15) is 12.4 Å². The van der Waals surface area contributed by atoms with Crippen molar-refractivity contribution < 1.29 is 37.2 Å². The van der Waals surface area contributed by atoms with Gasteiger partial charge in [0.05, 0.1) is 13.5 Å². The molecule has 0 aliphatic rings. The van der Waals surface area contributed by atoms with Gasteiger partial charge in [-0.15, -0.1) is 0 Å². The number of benzene rings is 2. The molecule has 146 valence electrons. The molecule has 0 aromatic heterocycles. The average Bonchev–Trinajstić information content (AvgIpc) is 2.69. The highest BCUT2D eigenvalue weighted by Gasteiger charge is 2.18.